The van der Waals surface area contributed by atoms with Crippen LogP contribution in [0.5, 0.6) is 0 Å². The highest BCUT2D eigenvalue weighted by Gasteiger charge is 1.60. The molecule has 0 saturated heterocycles. The van der Waals surface area contributed by atoms with E-state index in [1.807, 2.05) is 0 Å². The van der Waals surface area contributed by atoms with Gasteiger partial charge in [-0.3, -0.25) is 0 Å². The highest BCUT2D eigenvalue weighted by molar-refractivity contribution is 7.59. The summed E-state index contributed by atoms with van der Waals surface area (Å²) < 4.78 is 0. The van der Waals surface area contributed by atoms with Crippen molar-refractivity contribution in [3.8, 4) is 0 Å². The Hall–Kier alpha value is -0.640. The molecule has 4 heteroatoms. The smallest absolute Gasteiger partial charge is 0.0529 e. The summed E-state index contributed by atoms with van der Waals surface area (Å²) in [6, 6.07) is 1.72. The normalized spacial score (nSPS) is 6.86. The zero-order valence-corrected chi connectivity index (χ0v) is 4.30. The molecule has 0 aliphatic rings. The molecule has 7 heavy (non-hydrogen) atoms. The number of aromatic nitrogens is 3. The second-order valence-corrected chi connectivity index (χ2v) is 0.811. The molecule has 0 aliphatic carbocycles. The van der Waals surface area contributed by atoms with Crippen molar-refractivity contribution < 1.29 is 0 Å². The molecule has 2 radical (unpaired) electrons. The third-order valence-corrected chi connectivity index (χ3v) is 0.409. The molecule has 0 bridgehead atoms. The van der Waals surface area contributed by atoms with Crippen molar-refractivity contribution in [1.29, 1.82) is 0 Å². The van der Waals surface area contributed by atoms with E-state index < -0.39 is 0 Å². The largest absolute Gasteiger partial charge is 0.139 e. The number of hydrogen-bond donors (Lipinski definition) is 0. The minimum atomic E-state index is 0. The van der Waals surface area contributed by atoms with E-state index in [4.69, 9.17) is 0 Å². The second-order valence-electron chi connectivity index (χ2n) is 0.811. The minimum Gasteiger partial charge on any atom is -0.139 e. The number of nitrogens with zero attached hydrogens (tertiary/aromatic N) is 3. The van der Waals surface area contributed by atoms with Gasteiger partial charge < -0.3 is 0 Å². The van der Waals surface area contributed by atoms with Gasteiger partial charge >= 0.3 is 0 Å². The van der Waals surface area contributed by atoms with Crippen molar-refractivity contribution in [2.24, 2.45) is 0 Å². The van der Waals surface area contributed by atoms with Gasteiger partial charge in [0.2, 0.25) is 0 Å². The molecule has 3 nitrogen and oxygen atoms in total. The summed E-state index contributed by atoms with van der Waals surface area (Å²) in [4.78, 5) is 0. The lowest BCUT2D eigenvalue weighted by Gasteiger charge is -1.68. The lowest BCUT2D eigenvalue weighted by atomic mass is 10.7. The topological polar surface area (TPSA) is 38.7 Å². The Bertz CT molecular complexity index is 82.1. The van der Waals surface area contributed by atoms with Crippen molar-refractivity contribution in [2.75, 3.05) is 0 Å². The van der Waals surface area contributed by atoms with Gasteiger partial charge in [-0.15, -0.1) is 10.2 Å². The van der Waals surface area contributed by atoms with Crippen LogP contribution >= 0.6 is 13.5 Å². The Balaban J connectivity index is 0.000000360. The molecule has 36 valence electrons. The molecule has 0 aromatic carbocycles. The first-order valence-electron chi connectivity index (χ1n) is 1.58. The number of hydrogen-bond acceptors (Lipinski definition) is 3. The first-order valence-corrected chi connectivity index (χ1v) is 1.58. The molecule has 0 N–H and O–H groups in total. The first kappa shape index (κ1) is 6.36. The Morgan fingerprint density at radius 2 is 1.57 bits per heavy atom. The molecule has 0 fully saturated rings. The van der Waals surface area contributed by atoms with Gasteiger partial charge in [-0.2, -0.15) is 0 Å². The standard InChI is InChI=1S/C3H3N3.S/c1-2-4-6-5-3-1;/h1-3H;. The zero-order chi connectivity index (χ0) is 4.24. The quantitative estimate of drug-likeness (QED) is 0.492. The van der Waals surface area contributed by atoms with E-state index in [0.717, 1.165) is 0 Å². The van der Waals surface area contributed by atoms with E-state index in [-0.39, 0.29) is 13.5 Å². The van der Waals surface area contributed by atoms with E-state index in [0.29, 0.717) is 0 Å². The highest BCUT2D eigenvalue weighted by atomic mass is 32.1. The summed E-state index contributed by atoms with van der Waals surface area (Å²) in [7, 11) is 0. The van der Waals surface area contributed by atoms with Crippen molar-refractivity contribution in [1.82, 2.24) is 15.4 Å². The second kappa shape index (κ2) is 3.55. The zero-order valence-electron chi connectivity index (χ0n) is 3.48. The van der Waals surface area contributed by atoms with Gasteiger partial charge in [0.25, 0.3) is 0 Å². The summed E-state index contributed by atoms with van der Waals surface area (Å²) in [6.07, 6.45) is 3.15. The van der Waals surface area contributed by atoms with Crippen LogP contribution in [0.25, 0.3) is 0 Å². The average molecular weight is 113 g/mol. The summed E-state index contributed by atoms with van der Waals surface area (Å²) in [6.45, 7) is 0. The molecule has 1 rings (SSSR count). The highest BCUT2D eigenvalue weighted by Crippen LogP contribution is 1.61. The van der Waals surface area contributed by atoms with Crippen LogP contribution in [0.15, 0.2) is 18.5 Å². The molecule has 1 aromatic heterocycles. The van der Waals surface area contributed by atoms with Gasteiger partial charge in [-0.05, 0) is 11.3 Å². The molecule has 1 aromatic rings. The Morgan fingerprint density at radius 1 is 1.00 bits per heavy atom. The summed E-state index contributed by atoms with van der Waals surface area (Å²) in [5.41, 5.74) is 0. The predicted octanol–water partition coefficient (Wildman–Crippen LogP) is 0.520. The Kier molecular flexibility index (Phi) is 3.22. The van der Waals surface area contributed by atoms with Crippen LogP contribution in [-0.4, -0.2) is 15.4 Å². The van der Waals surface area contributed by atoms with E-state index in [9.17, 15) is 0 Å². The van der Waals surface area contributed by atoms with Gasteiger partial charge in [-0.25, -0.2) is 0 Å². The van der Waals surface area contributed by atoms with Crippen molar-refractivity contribution in [3.63, 3.8) is 0 Å². The molecular weight excluding hydrogens is 110 g/mol. The molecule has 0 aliphatic heterocycles. The number of rotatable bonds is 0. The van der Waals surface area contributed by atoms with E-state index in [2.05, 4.69) is 15.4 Å². The summed E-state index contributed by atoms with van der Waals surface area (Å²) in [5.74, 6) is 0. The van der Waals surface area contributed by atoms with Gasteiger partial charge in [0.1, 0.15) is 0 Å². The van der Waals surface area contributed by atoms with E-state index >= 15 is 0 Å². The van der Waals surface area contributed by atoms with E-state index in [1.54, 1.807) is 18.5 Å². The fourth-order valence-corrected chi connectivity index (χ4v) is 0.205. The van der Waals surface area contributed by atoms with Crippen LogP contribution in [0, 0.1) is 0 Å². The monoisotopic (exact) mass is 113 g/mol. The van der Waals surface area contributed by atoms with Crippen molar-refractivity contribution >= 4 is 13.5 Å². The summed E-state index contributed by atoms with van der Waals surface area (Å²) >= 11 is 0. The third-order valence-electron chi connectivity index (χ3n) is 0.409. The van der Waals surface area contributed by atoms with Gasteiger partial charge in [-0.1, -0.05) is 0 Å². The molecular formula is C3H3N3S. The van der Waals surface area contributed by atoms with E-state index in [1.165, 1.54) is 0 Å². The van der Waals surface area contributed by atoms with Gasteiger partial charge in [0.15, 0.2) is 0 Å². The van der Waals surface area contributed by atoms with Gasteiger partial charge in [0.05, 0.1) is 12.4 Å². The van der Waals surface area contributed by atoms with Crippen LogP contribution in [-0.2, 0) is 0 Å². The molecule has 0 amide bonds. The van der Waals surface area contributed by atoms with Crippen LogP contribution < -0.4 is 0 Å². The molecule has 0 saturated carbocycles. The van der Waals surface area contributed by atoms with Crippen molar-refractivity contribution in [3.05, 3.63) is 18.5 Å². The van der Waals surface area contributed by atoms with Crippen molar-refractivity contribution in [2.45, 2.75) is 0 Å². The minimum absolute atomic E-state index is 0. The first-order chi connectivity index (χ1) is 3.00. The molecule has 0 spiro atoms. The fourth-order valence-electron chi connectivity index (χ4n) is 0.205. The van der Waals surface area contributed by atoms with Crippen LogP contribution in [0.2, 0.25) is 0 Å². The lowest BCUT2D eigenvalue weighted by Crippen LogP contribution is -1.78. The molecule has 0 unspecified atom stereocenters. The van der Waals surface area contributed by atoms with Crippen LogP contribution in [0.3, 0.4) is 0 Å². The maximum absolute atomic E-state index is 3.42. The van der Waals surface area contributed by atoms with Crippen LogP contribution in [0.4, 0.5) is 0 Å². The molecule has 0 atom stereocenters. The Morgan fingerprint density at radius 3 is 1.71 bits per heavy atom. The maximum Gasteiger partial charge on any atom is 0.0529 e. The predicted molar refractivity (Wildman–Crippen MR) is 27.4 cm³/mol. The third kappa shape index (κ3) is 2.11. The Labute approximate surface area is 48.2 Å². The molecule has 1 heterocycles. The van der Waals surface area contributed by atoms with Crippen LogP contribution in [0.1, 0.15) is 0 Å². The average Bonchev–Trinajstić information content (AvgIpc) is 1.72. The lowest BCUT2D eigenvalue weighted by molar-refractivity contribution is 0.865. The fraction of sp³-hybridized carbons (Fsp3) is 0. The maximum atomic E-state index is 3.42. The SMILES string of the molecule is [S].c1cnnnc1. The van der Waals surface area contributed by atoms with Gasteiger partial charge in [0, 0.05) is 13.5 Å². The summed E-state index contributed by atoms with van der Waals surface area (Å²) in [5, 5.41) is 10.1.